The van der Waals surface area contributed by atoms with Crippen molar-refractivity contribution in [2.45, 2.75) is 148 Å². The first-order chi connectivity index (χ1) is 27.9. The van der Waals surface area contributed by atoms with E-state index in [2.05, 4.69) is 10.2 Å². The summed E-state index contributed by atoms with van der Waals surface area (Å²) in [6.07, 6.45) is -6.67. The van der Waals surface area contributed by atoms with Crippen LogP contribution in [0.5, 0.6) is 0 Å². The second kappa shape index (κ2) is 19.5. The summed E-state index contributed by atoms with van der Waals surface area (Å²) in [5, 5.41) is 14.9. The van der Waals surface area contributed by atoms with E-state index in [4.69, 9.17) is 33.2 Å². The lowest BCUT2D eigenvalue weighted by atomic mass is 9.73. The third-order valence-electron chi connectivity index (χ3n) is 12.7. The molecule has 5 rings (SSSR count). The van der Waals surface area contributed by atoms with Crippen molar-refractivity contribution < 1.29 is 57.4 Å². The van der Waals surface area contributed by atoms with Crippen molar-refractivity contribution >= 4 is 24.0 Å². The minimum absolute atomic E-state index is 0.0136. The molecule has 59 heavy (non-hydrogen) atoms. The van der Waals surface area contributed by atoms with Crippen molar-refractivity contribution in [2.75, 3.05) is 14.2 Å². The largest absolute Gasteiger partial charge is 0.509 e. The van der Waals surface area contributed by atoms with Gasteiger partial charge < -0.3 is 43.6 Å². The van der Waals surface area contributed by atoms with E-state index < -0.39 is 95.9 Å². The number of alkyl carbamates (subject to hydrolysis) is 1. The molecule has 0 bridgehead atoms. The summed E-state index contributed by atoms with van der Waals surface area (Å²) in [6, 6.07) is 17.9. The first kappa shape index (κ1) is 46.0. The van der Waals surface area contributed by atoms with Gasteiger partial charge in [0.15, 0.2) is 18.0 Å². The molecule has 3 aliphatic heterocycles. The fourth-order valence-corrected chi connectivity index (χ4v) is 9.23. The highest BCUT2D eigenvalue weighted by atomic mass is 16.8. The van der Waals surface area contributed by atoms with E-state index in [1.807, 2.05) is 74.6 Å². The first-order valence-electron chi connectivity index (χ1n) is 20.8. The normalized spacial score (nSPS) is 37.1. The molecule has 0 aliphatic carbocycles. The number of rotatable bonds is 10. The molecular formula is C45H64N2O12. The van der Waals surface area contributed by atoms with Crippen LogP contribution >= 0.6 is 0 Å². The van der Waals surface area contributed by atoms with Crippen LogP contribution < -0.4 is 5.32 Å². The molecule has 0 aromatic heterocycles. The van der Waals surface area contributed by atoms with Crippen LogP contribution in [0.2, 0.25) is 0 Å². The molecule has 3 fully saturated rings. The topological polar surface area (TPSA) is 168 Å². The van der Waals surface area contributed by atoms with Crippen molar-refractivity contribution in [1.29, 1.82) is 0 Å². The lowest BCUT2D eigenvalue weighted by molar-refractivity contribution is -0.303. The molecular weight excluding hydrogens is 760 g/mol. The number of hydrogen-bond donors (Lipinski definition) is 2. The Morgan fingerprint density at radius 3 is 2.19 bits per heavy atom. The van der Waals surface area contributed by atoms with Gasteiger partial charge in [-0.05, 0) is 65.1 Å². The van der Waals surface area contributed by atoms with E-state index >= 15 is 0 Å². The van der Waals surface area contributed by atoms with Crippen LogP contribution in [-0.2, 0) is 55.9 Å². The van der Waals surface area contributed by atoms with Crippen LogP contribution in [0.25, 0.3) is 0 Å². The minimum Gasteiger partial charge on any atom is -0.458 e. The Bertz CT molecular complexity index is 1730. The zero-order chi connectivity index (χ0) is 43.2. The van der Waals surface area contributed by atoms with Gasteiger partial charge in [0.2, 0.25) is 0 Å². The molecule has 0 spiro atoms. The number of ketones is 1. The third kappa shape index (κ3) is 10.5. The Kier molecular flexibility index (Phi) is 15.2. The van der Waals surface area contributed by atoms with E-state index in [1.54, 1.807) is 48.5 Å². The Hall–Kier alpha value is -4.08. The van der Waals surface area contributed by atoms with Gasteiger partial charge in [0, 0.05) is 31.4 Å². The van der Waals surface area contributed by atoms with Crippen molar-refractivity contribution in [2.24, 2.45) is 23.7 Å². The molecule has 14 heteroatoms. The molecule has 14 nitrogen and oxygen atoms in total. The lowest BCUT2D eigenvalue weighted by Crippen LogP contribution is -2.61. The van der Waals surface area contributed by atoms with E-state index in [0.29, 0.717) is 13.0 Å². The smallest absolute Gasteiger partial charge is 0.458 e. The van der Waals surface area contributed by atoms with Gasteiger partial charge >= 0.3 is 18.2 Å². The van der Waals surface area contributed by atoms with Crippen molar-refractivity contribution in [3.8, 4) is 0 Å². The standard InChI is InChI=1S/C45H64N2O12/c1-11-34-45(8)38(46-42(51)59-45)28(4)35(48)26(2)23-44(7,53-10)39(29(5)36(49)30(6)40(50)56-34)58-41-37(57-43(52)54-25-32-20-16-13-17-21-32)33(22-27(3)55-41)47(9)24-31-18-14-12-15-19-31/h12-21,26-30,33-34,36-39,41,49H,11,22-25H2,1-10H3,(H,46,51)/t26-,27-,28+,29+,30-,33+,34-,36+,37-,38-,39-,41+,44+,45-/m1/s1. The van der Waals surface area contributed by atoms with Crippen LogP contribution in [0.1, 0.15) is 85.8 Å². The summed E-state index contributed by atoms with van der Waals surface area (Å²) in [7, 11) is 3.44. The highest BCUT2D eigenvalue weighted by Crippen LogP contribution is 2.41. The molecule has 326 valence electrons. The Labute approximate surface area is 348 Å². The van der Waals surface area contributed by atoms with Crippen LogP contribution in [0, 0.1) is 23.7 Å². The lowest BCUT2D eigenvalue weighted by Gasteiger charge is -2.48. The molecule has 2 aromatic carbocycles. The van der Waals surface area contributed by atoms with Gasteiger partial charge in [-0.3, -0.25) is 14.5 Å². The summed E-state index contributed by atoms with van der Waals surface area (Å²) in [4.78, 5) is 56.6. The number of ether oxygens (including phenoxy) is 7. The van der Waals surface area contributed by atoms with Gasteiger partial charge in [-0.2, -0.15) is 0 Å². The van der Waals surface area contributed by atoms with Gasteiger partial charge in [0.1, 0.15) is 18.5 Å². The number of likely N-dealkylation sites (N-methyl/N-ethyl adjacent to an activating group) is 1. The number of fused-ring (bicyclic) bond motifs is 1. The summed E-state index contributed by atoms with van der Waals surface area (Å²) >= 11 is 0. The van der Waals surface area contributed by atoms with Gasteiger partial charge in [-0.25, -0.2) is 9.59 Å². The number of nitrogens with zero attached hydrogens (tertiary/aromatic N) is 1. The molecule has 2 N–H and O–H groups in total. The third-order valence-corrected chi connectivity index (χ3v) is 12.7. The van der Waals surface area contributed by atoms with Gasteiger partial charge in [-0.15, -0.1) is 0 Å². The number of aliphatic hydroxyl groups excluding tert-OH is 1. The van der Waals surface area contributed by atoms with Gasteiger partial charge in [0.25, 0.3) is 0 Å². The number of esters is 1. The predicted molar refractivity (Wildman–Crippen MR) is 217 cm³/mol. The van der Waals surface area contributed by atoms with Crippen molar-refractivity contribution in [3.63, 3.8) is 0 Å². The summed E-state index contributed by atoms with van der Waals surface area (Å²) in [5.74, 6) is -4.21. The summed E-state index contributed by atoms with van der Waals surface area (Å²) < 4.78 is 43.3. The second-order valence-electron chi connectivity index (χ2n) is 17.2. The van der Waals surface area contributed by atoms with E-state index in [0.717, 1.165) is 11.1 Å². The Morgan fingerprint density at radius 1 is 0.949 bits per heavy atom. The number of carbonyl (C=O) groups is 4. The molecule has 2 aromatic rings. The quantitative estimate of drug-likeness (QED) is 0.206. The molecule has 0 radical (unpaired) electrons. The average molecular weight is 825 g/mol. The van der Waals surface area contributed by atoms with Gasteiger partial charge in [-0.1, -0.05) is 88.4 Å². The van der Waals surface area contributed by atoms with Crippen molar-refractivity contribution in [1.82, 2.24) is 10.2 Å². The van der Waals surface area contributed by atoms with Gasteiger partial charge in [0.05, 0.1) is 41.9 Å². The maximum atomic E-state index is 14.4. The SMILES string of the molecule is CC[C@H]1OC(=O)[C@H](C)[C@@H](O)[C@H](C)[C@@H](O[C@@H]2O[C@H](C)C[C@H](N(C)Cc3ccccc3)[C@H]2OC(=O)OCc2ccccc2)[C@@](C)(OC)C[C@@H](C)C(=O)[C@H](C)[C@H]2NC(=O)O[C@@]21C. The number of amides is 1. The minimum atomic E-state index is -1.36. The number of hydrogen-bond acceptors (Lipinski definition) is 13. The maximum Gasteiger partial charge on any atom is 0.509 e. The second-order valence-corrected chi connectivity index (χ2v) is 17.2. The maximum absolute atomic E-state index is 14.4. The molecule has 3 saturated heterocycles. The number of carbonyl (C=O) groups excluding carboxylic acids is 4. The number of methoxy groups -OCH3 is 1. The molecule has 0 saturated carbocycles. The number of Topliss-reactive ketones (excluding diaryl/α,β-unsaturated/α-hetero) is 1. The van der Waals surface area contributed by atoms with Crippen LogP contribution in [0.3, 0.4) is 0 Å². The molecule has 14 atom stereocenters. The van der Waals surface area contributed by atoms with Crippen molar-refractivity contribution in [3.05, 3.63) is 71.8 Å². The van der Waals surface area contributed by atoms with Crippen LogP contribution in [0.15, 0.2) is 60.7 Å². The zero-order valence-electron chi connectivity index (χ0n) is 36.1. The monoisotopic (exact) mass is 824 g/mol. The Balaban J connectivity index is 1.53. The highest BCUT2D eigenvalue weighted by Gasteiger charge is 2.57. The zero-order valence-corrected chi connectivity index (χ0v) is 36.1. The number of benzene rings is 2. The summed E-state index contributed by atoms with van der Waals surface area (Å²) in [6.45, 7) is 14.5. The fraction of sp³-hybridized carbons (Fsp3) is 0.644. The first-order valence-corrected chi connectivity index (χ1v) is 20.8. The number of cyclic esters (lactones) is 1. The van der Waals surface area contributed by atoms with E-state index in [-0.39, 0.29) is 31.3 Å². The average Bonchev–Trinajstić information content (AvgIpc) is 3.54. The fourth-order valence-electron chi connectivity index (χ4n) is 9.23. The summed E-state index contributed by atoms with van der Waals surface area (Å²) in [5.41, 5.74) is -0.815. The molecule has 3 aliphatic rings. The Morgan fingerprint density at radius 2 is 1.58 bits per heavy atom. The number of nitrogens with one attached hydrogen (secondary N) is 1. The molecule has 1 amide bonds. The van der Waals surface area contributed by atoms with E-state index in [1.165, 1.54) is 7.11 Å². The molecule has 0 unspecified atom stereocenters. The predicted octanol–water partition coefficient (Wildman–Crippen LogP) is 6.20. The van der Waals surface area contributed by atoms with Crippen LogP contribution in [0.4, 0.5) is 9.59 Å². The highest BCUT2D eigenvalue weighted by molar-refractivity contribution is 5.85. The van der Waals surface area contributed by atoms with E-state index in [9.17, 15) is 24.3 Å². The molecule has 3 heterocycles. The van der Waals surface area contributed by atoms with Crippen LogP contribution in [-0.4, -0.2) is 108 Å². The number of aliphatic hydroxyl groups is 1.